The summed E-state index contributed by atoms with van der Waals surface area (Å²) in [5.74, 6) is 0.265. The second kappa shape index (κ2) is 7.40. The minimum Gasteiger partial charge on any atom is -0.497 e. The molecule has 0 saturated heterocycles. The number of ether oxygens (including phenoxy) is 2. The fourth-order valence-electron chi connectivity index (χ4n) is 2.53. The van der Waals surface area contributed by atoms with Gasteiger partial charge in [-0.1, -0.05) is 29.8 Å². The number of aromatic nitrogens is 1. The molecule has 0 bridgehead atoms. The Kier molecular flexibility index (Phi) is 5.05. The first-order valence-electron chi connectivity index (χ1n) is 7.79. The maximum Gasteiger partial charge on any atom is 0.341 e. The average molecular weight is 357 g/mol. The fraction of sp³-hybridized carbons (Fsp3) is 0.158. The van der Waals surface area contributed by atoms with E-state index in [2.05, 4.69) is 10.3 Å². The van der Waals surface area contributed by atoms with Crippen LogP contribution in [0.5, 0.6) is 5.75 Å². The van der Waals surface area contributed by atoms with Gasteiger partial charge in [0, 0.05) is 23.3 Å². The zero-order chi connectivity index (χ0) is 17.8. The predicted octanol–water partition coefficient (Wildman–Crippen LogP) is 4.82. The molecule has 1 heterocycles. The SMILES string of the molecule is CCOC(=O)c1cnc2c(Cl)cccc2c1Nc1cccc(OC)c1. The van der Waals surface area contributed by atoms with Gasteiger partial charge in [-0.2, -0.15) is 0 Å². The molecule has 0 atom stereocenters. The van der Waals surface area contributed by atoms with Crippen molar-refractivity contribution < 1.29 is 14.3 Å². The summed E-state index contributed by atoms with van der Waals surface area (Å²) in [5.41, 5.74) is 2.33. The molecule has 0 spiro atoms. The Labute approximate surface area is 150 Å². The Hall–Kier alpha value is -2.79. The van der Waals surface area contributed by atoms with Gasteiger partial charge < -0.3 is 14.8 Å². The van der Waals surface area contributed by atoms with Crippen molar-refractivity contribution >= 4 is 39.8 Å². The van der Waals surface area contributed by atoms with Crippen LogP contribution in [0.3, 0.4) is 0 Å². The van der Waals surface area contributed by atoms with E-state index in [0.717, 1.165) is 11.1 Å². The molecule has 0 aliphatic rings. The van der Waals surface area contributed by atoms with Gasteiger partial charge in [-0.15, -0.1) is 0 Å². The Bertz CT molecular complexity index is 928. The molecule has 0 radical (unpaired) electrons. The molecule has 3 aromatic rings. The molecule has 1 aromatic heterocycles. The summed E-state index contributed by atoms with van der Waals surface area (Å²) in [4.78, 5) is 16.7. The van der Waals surface area contributed by atoms with Gasteiger partial charge in [0.05, 0.1) is 29.9 Å². The molecule has 0 aliphatic heterocycles. The molecule has 0 aliphatic carbocycles. The van der Waals surface area contributed by atoms with E-state index in [1.54, 1.807) is 20.1 Å². The van der Waals surface area contributed by atoms with Crippen molar-refractivity contribution in [2.75, 3.05) is 19.0 Å². The Morgan fingerprint density at radius 1 is 1.24 bits per heavy atom. The second-order valence-corrected chi connectivity index (χ2v) is 5.67. The molecule has 1 N–H and O–H groups in total. The number of nitrogens with zero attached hydrogens (tertiary/aromatic N) is 1. The fourth-order valence-corrected chi connectivity index (χ4v) is 2.75. The highest BCUT2D eigenvalue weighted by molar-refractivity contribution is 6.35. The first kappa shape index (κ1) is 17.0. The van der Waals surface area contributed by atoms with Gasteiger partial charge in [0.25, 0.3) is 0 Å². The van der Waals surface area contributed by atoms with Crippen LogP contribution in [0.15, 0.2) is 48.7 Å². The second-order valence-electron chi connectivity index (χ2n) is 5.26. The zero-order valence-electron chi connectivity index (χ0n) is 13.9. The topological polar surface area (TPSA) is 60.5 Å². The van der Waals surface area contributed by atoms with E-state index in [9.17, 15) is 4.79 Å². The molecule has 0 fully saturated rings. The minimum absolute atomic E-state index is 0.283. The van der Waals surface area contributed by atoms with Crippen LogP contribution < -0.4 is 10.1 Å². The summed E-state index contributed by atoms with van der Waals surface area (Å²) < 4.78 is 10.4. The first-order valence-corrected chi connectivity index (χ1v) is 8.17. The van der Waals surface area contributed by atoms with E-state index in [1.165, 1.54) is 6.20 Å². The van der Waals surface area contributed by atoms with Crippen molar-refractivity contribution in [2.24, 2.45) is 0 Å². The van der Waals surface area contributed by atoms with Gasteiger partial charge in [0.2, 0.25) is 0 Å². The number of hydrogen-bond acceptors (Lipinski definition) is 5. The van der Waals surface area contributed by atoms with E-state index < -0.39 is 5.97 Å². The molecule has 0 unspecified atom stereocenters. The highest BCUT2D eigenvalue weighted by atomic mass is 35.5. The van der Waals surface area contributed by atoms with E-state index >= 15 is 0 Å². The molecule has 3 rings (SSSR count). The lowest BCUT2D eigenvalue weighted by molar-refractivity contribution is 0.0527. The Balaban J connectivity index is 2.16. The van der Waals surface area contributed by atoms with Crippen LogP contribution in [-0.4, -0.2) is 24.7 Å². The first-order chi connectivity index (χ1) is 12.1. The van der Waals surface area contributed by atoms with Crippen LogP contribution in [0, 0.1) is 0 Å². The van der Waals surface area contributed by atoms with Crippen LogP contribution >= 0.6 is 11.6 Å². The van der Waals surface area contributed by atoms with Crippen molar-refractivity contribution in [3.05, 3.63) is 59.2 Å². The van der Waals surface area contributed by atoms with Crippen LogP contribution in [0.4, 0.5) is 11.4 Å². The Morgan fingerprint density at radius 3 is 2.80 bits per heavy atom. The Morgan fingerprint density at radius 2 is 2.04 bits per heavy atom. The van der Waals surface area contributed by atoms with Crippen molar-refractivity contribution in [3.8, 4) is 5.75 Å². The zero-order valence-corrected chi connectivity index (χ0v) is 14.6. The number of methoxy groups -OCH3 is 1. The van der Waals surface area contributed by atoms with E-state index in [-0.39, 0.29) is 6.61 Å². The van der Waals surface area contributed by atoms with Crippen molar-refractivity contribution in [1.82, 2.24) is 4.98 Å². The summed E-state index contributed by atoms with van der Waals surface area (Å²) >= 11 is 6.25. The number of pyridine rings is 1. The number of anilines is 2. The van der Waals surface area contributed by atoms with Crippen molar-refractivity contribution in [2.45, 2.75) is 6.92 Å². The van der Waals surface area contributed by atoms with Gasteiger partial charge in [-0.05, 0) is 25.1 Å². The van der Waals surface area contributed by atoms with Gasteiger partial charge in [-0.25, -0.2) is 4.79 Å². The maximum absolute atomic E-state index is 12.3. The van der Waals surface area contributed by atoms with Crippen LogP contribution in [0.2, 0.25) is 5.02 Å². The number of hydrogen-bond donors (Lipinski definition) is 1. The number of fused-ring (bicyclic) bond motifs is 1. The van der Waals surface area contributed by atoms with Gasteiger partial charge in [0.1, 0.15) is 11.3 Å². The summed E-state index contributed by atoms with van der Waals surface area (Å²) in [6.45, 7) is 2.05. The molecule has 0 amide bonds. The van der Waals surface area contributed by atoms with Crippen LogP contribution in [-0.2, 0) is 4.74 Å². The highest BCUT2D eigenvalue weighted by Gasteiger charge is 2.18. The van der Waals surface area contributed by atoms with E-state index in [1.807, 2.05) is 36.4 Å². The maximum atomic E-state index is 12.3. The number of carbonyl (C=O) groups is 1. The number of nitrogens with one attached hydrogen (secondary N) is 1. The molecule has 0 saturated carbocycles. The van der Waals surface area contributed by atoms with Gasteiger partial charge in [0.15, 0.2) is 0 Å². The smallest absolute Gasteiger partial charge is 0.341 e. The van der Waals surface area contributed by atoms with Crippen molar-refractivity contribution in [1.29, 1.82) is 0 Å². The highest BCUT2D eigenvalue weighted by Crippen LogP contribution is 2.33. The lowest BCUT2D eigenvalue weighted by atomic mass is 10.1. The van der Waals surface area contributed by atoms with Crippen molar-refractivity contribution in [3.63, 3.8) is 0 Å². The third kappa shape index (κ3) is 3.51. The monoisotopic (exact) mass is 356 g/mol. The molecule has 6 heteroatoms. The number of benzene rings is 2. The number of para-hydroxylation sites is 1. The van der Waals surface area contributed by atoms with Gasteiger partial charge in [-0.3, -0.25) is 4.98 Å². The summed E-state index contributed by atoms with van der Waals surface area (Å²) in [6.07, 6.45) is 1.48. The van der Waals surface area contributed by atoms with Gasteiger partial charge >= 0.3 is 5.97 Å². The average Bonchev–Trinajstić information content (AvgIpc) is 2.63. The number of rotatable bonds is 5. The number of carbonyl (C=O) groups excluding carboxylic acids is 1. The third-order valence-electron chi connectivity index (χ3n) is 3.68. The van der Waals surface area contributed by atoms with E-state index in [0.29, 0.717) is 27.5 Å². The normalized spacial score (nSPS) is 10.5. The molecular weight excluding hydrogens is 340 g/mol. The van der Waals surface area contributed by atoms with Crippen LogP contribution in [0.1, 0.15) is 17.3 Å². The number of esters is 1. The minimum atomic E-state index is -0.442. The summed E-state index contributed by atoms with van der Waals surface area (Å²) in [6, 6.07) is 12.9. The molecule has 128 valence electrons. The van der Waals surface area contributed by atoms with E-state index in [4.69, 9.17) is 21.1 Å². The standard InChI is InChI=1S/C19H17ClN2O3/c1-3-25-19(23)15-11-21-18-14(8-5-9-16(18)20)17(15)22-12-6-4-7-13(10-12)24-2/h4-11H,3H2,1-2H3,(H,21,22). The number of halogens is 1. The predicted molar refractivity (Wildman–Crippen MR) is 99.0 cm³/mol. The largest absolute Gasteiger partial charge is 0.497 e. The van der Waals surface area contributed by atoms with Crippen LogP contribution in [0.25, 0.3) is 10.9 Å². The molecule has 2 aromatic carbocycles. The molecule has 25 heavy (non-hydrogen) atoms. The lowest BCUT2D eigenvalue weighted by Gasteiger charge is -2.15. The lowest BCUT2D eigenvalue weighted by Crippen LogP contribution is -2.09. The molecular formula is C19H17ClN2O3. The summed E-state index contributed by atoms with van der Waals surface area (Å²) in [7, 11) is 1.60. The quantitative estimate of drug-likeness (QED) is 0.664. The molecule has 5 nitrogen and oxygen atoms in total. The summed E-state index contributed by atoms with van der Waals surface area (Å²) in [5, 5.41) is 4.53. The third-order valence-corrected chi connectivity index (χ3v) is 3.99.